The number of rotatable bonds is 5. The summed E-state index contributed by atoms with van der Waals surface area (Å²) >= 11 is 0. The lowest BCUT2D eigenvalue weighted by Gasteiger charge is -2.22. The standard InChI is InChI=1S/C18H22FN3O3/c19-14-1-3-15(4-2-14)25-17-6-11-22(10-5-16(17)23)18(24)7-9-21-12-8-20-13-21/h1-4,8,12-13,16-17,23H,5-7,9-11H2/t16-,17-/m0/s1. The summed E-state index contributed by atoms with van der Waals surface area (Å²) in [5, 5.41) is 10.3. The topological polar surface area (TPSA) is 67.6 Å². The molecule has 134 valence electrons. The van der Waals surface area contributed by atoms with E-state index in [1.165, 1.54) is 12.1 Å². The Morgan fingerprint density at radius 3 is 2.76 bits per heavy atom. The van der Waals surface area contributed by atoms with Gasteiger partial charge in [0.25, 0.3) is 0 Å². The fraction of sp³-hybridized carbons (Fsp3) is 0.444. The number of benzene rings is 1. The van der Waals surface area contributed by atoms with Crippen LogP contribution in [-0.2, 0) is 11.3 Å². The van der Waals surface area contributed by atoms with Gasteiger partial charge in [-0.05, 0) is 30.7 Å². The molecule has 1 fully saturated rings. The third-order valence-electron chi connectivity index (χ3n) is 4.40. The SMILES string of the molecule is O=C(CCn1ccnc1)N1CC[C@H](Oc2ccc(F)cc2)[C@@H](O)CC1. The second-order valence-corrected chi connectivity index (χ2v) is 6.19. The summed E-state index contributed by atoms with van der Waals surface area (Å²) in [6.45, 7) is 1.63. The number of aliphatic hydroxyl groups excluding tert-OH is 1. The highest BCUT2D eigenvalue weighted by Gasteiger charge is 2.28. The molecule has 1 amide bonds. The Morgan fingerprint density at radius 1 is 1.28 bits per heavy atom. The van der Waals surface area contributed by atoms with Crippen LogP contribution in [0.15, 0.2) is 43.0 Å². The fourth-order valence-corrected chi connectivity index (χ4v) is 2.94. The van der Waals surface area contributed by atoms with Crippen molar-refractivity contribution in [1.82, 2.24) is 14.5 Å². The van der Waals surface area contributed by atoms with Crippen LogP contribution in [0.5, 0.6) is 5.75 Å². The highest BCUT2D eigenvalue weighted by Crippen LogP contribution is 2.20. The van der Waals surface area contributed by atoms with Gasteiger partial charge in [-0.1, -0.05) is 0 Å². The minimum atomic E-state index is -0.656. The van der Waals surface area contributed by atoms with Gasteiger partial charge < -0.3 is 19.3 Å². The van der Waals surface area contributed by atoms with Gasteiger partial charge in [-0.3, -0.25) is 4.79 Å². The van der Waals surface area contributed by atoms with Crippen molar-refractivity contribution in [3.05, 3.63) is 48.8 Å². The average molecular weight is 347 g/mol. The first kappa shape index (κ1) is 17.4. The zero-order valence-electron chi connectivity index (χ0n) is 13.9. The maximum absolute atomic E-state index is 13.0. The number of hydrogen-bond donors (Lipinski definition) is 1. The molecule has 0 unspecified atom stereocenters. The third-order valence-corrected chi connectivity index (χ3v) is 4.40. The van der Waals surface area contributed by atoms with Gasteiger partial charge in [0.1, 0.15) is 17.7 Å². The van der Waals surface area contributed by atoms with Crippen LogP contribution in [0.25, 0.3) is 0 Å². The summed E-state index contributed by atoms with van der Waals surface area (Å²) in [5.41, 5.74) is 0. The molecular weight excluding hydrogens is 325 g/mol. The first-order valence-corrected chi connectivity index (χ1v) is 8.45. The van der Waals surface area contributed by atoms with E-state index in [1.54, 1.807) is 29.6 Å². The van der Waals surface area contributed by atoms with E-state index >= 15 is 0 Å². The Labute approximate surface area is 145 Å². The summed E-state index contributed by atoms with van der Waals surface area (Å²) < 4.78 is 20.6. The van der Waals surface area contributed by atoms with Gasteiger partial charge in [0.05, 0.1) is 12.4 Å². The number of amides is 1. The van der Waals surface area contributed by atoms with Gasteiger partial charge in [-0.2, -0.15) is 0 Å². The lowest BCUT2D eigenvalue weighted by atomic mass is 10.1. The molecular formula is C18H22FN3O3. The molecule has 0 bridgehead atoms. The van der Waals surface area contributed by atoms with Gasteiger partial charge in [-0.25, -0.2) is 9.37 Å². The normalized spacial score (nSPS) is 21.0. The molecule has 1 aromatic heterocycles. The van der Waals surface area contributed by atoms with E-state index in [0.29, 0.717) is 44.6 Å². The second kappa shape index (κ2) is 8.11. The maximum atomic E-state index is 13.0. The first-order chi connectivity index (χ1) is 12.1. The Hall–Kier alpha value is -2.41. The fourth-order valence-electron chi connectivity index (χ4n) is 2.94. The molecule has 7 heteroatoms. The van der Waals surface area contributed by atoms with Crippen molar-refractivity contribution >= 4 is 5.91 Å². The number of aryl methyl sites for hydroxylation is 1. The van der Waals surface area contributed by atoms with Gasteiger partial charge >= 0.3 is 0 Å². The number of likely N-dealkylation sites (tertiary alicyclic amines) is 1. The first-order valence-electron chi connectivity index (χ1n) is 8.45. The molecule has 1 aliphatic rings. The summed E-state index contributed by atoms with van der Waals surface area (Å²) in [6.07, 6.45) is 5.53. The number of carbonyl (C=O) groups is 1. The summed E-state index contributed by atoms with van der Waals surface area (Å²) in [4.78, 5) is 18.1. The van der Waals surface area contributed by atoms with E-state index in [-0.39, 0.29) is 11.7 Å². The van der Waals surface area contributed by atoms with E-state index in [2.05, 4.69) is 4.98 Å². The third kappa shape index (κ3) is 4.79. The highest BCUT2D eigenvalue weighted by atomic mass is 19.1. The van der Waals surface area contributed by atoms with E-state index in [1.807, 2.05) is 10.8 Å². The molecule has 6 nitrogen and oxygen atoms in total. The van der Waals surface area contributed by atoms with Crippen molar-refractivity contribution in [2.75, 3.05) is 13.1 Å². The molecule has 2 aromatic rings. The van der Waals surface area contributed by atoms with Gasteiger partial charge in [0.2, 0.25) is 5.91 Å². The van der Waals surface area contributed by atoms with E-state index in [4.69, 9.17) is 4.74 Å². The van der Waals surface area contributed by atoms with Gasteiger partial charge in [0, 0.05) is 44.9 Å². The highest BCUT2D eigenvalue weighted by molar-refractivity contribution is 5.76. The van der Waals surface area contributed by atoms with Crippen molar-refractivity contribution in [1.29, 1.82) is 0 Å². The van der Waals surface area contributed by atoms with Gasteiger partial charge in [0.15, 0.2) is 0 Å². The van der Waals surface area contributed by atoms with Crippen LogP contribution in [0.4, 0.5) is 4.39 Å². The molecule has 1 N–H and O–H groups in total. The van der Waals surface area contributed by atoms with Crippen molar-refractivity contribution in [2.45, 2.75) is 38.0 Å². The molecule has 1 saturated heterocycles. The zero-order valence-corrected chi connectivity index (χ0v) is 13.9. The van der Waals surface area contributed by atoms with Crippen molar-refractivity contribution < 1.29 is 19.0 Å². The quantitative estimate of drug-likeness (QED) is 0.896. The molecule has 2 atom stereocenters. The number of halogens is 1. The predicted molar refractivity (Wildman–Crippen MR) is 89.5 cm³/mol. The van der Waals surface area contributed by atoms with Crippen LogP contribution in [-0.4, -0.2) is 50.8 Å². The monoisotopic (exact) mass is 347 g/mol. The van der Waals surface area contributed by atoms with Crippen molar-refractivity contribution in [3.63, 3.8) is 0 Å². The lowest BCUT2D eigenvalue weighted by molar-refractivity contribution is -0.131. The number of nitrogens with zero attached hydrogens (tertiary/aromatic N) is 3. The molecule has 2 heterocycles. The number of aromatic nitrogens is 2. The Kier molecular flexibility index (Phi) is 5.65. The van der Waals surface area contributed by atoms with E-state index < -0.39 is 12.2 Å². The Balaban J connectivity index is 1.52. The van der Waals surface area contributed by atoms with Crippen LogP contribution in [0, 0.1) is 5.82 Å². The second-order valence-electron chi connectivity index (χ2n) is 6.19. The molecule has 25 heavy (non-hydrogen) atoms. The van der Waals surface area contributed by atoms with Crippen LogP contribution in [0.1, 0.15) is 19.3 Å². The molecule has 3 rings (SSSR count). The average Bonchev–Trinajstić information content (AvgIpc) is 3.07. The maximum Gasteiger partial charge on any atom is 0.224 e. The molecule has 0 spiro atoms. The molecule has 1 aromatic carbocycles. The van der Waals surface area contributed by atoms with E-state index in [0.717, 1.165) is 0 Å². The summed E-state index contributed by atoms with van der Waals surface area (Å²) in [5.74, 6) is 0.247. The largest absolute Gasteiger partial charge is 0.488 e. The number of imidazole rings is 1. The number of hydrogen-bond acceptors (Lipinski definition) is 4. The Morgan fingerprint density at radius 2 is 2.04 bits per heavy atom. The number of aliphatic hydroxyl groups is 1. The van der Waals surface area contributed by atoms with Crippen molar-refractivity contribution in [2.24, 2.45) is 0 Å². The van der Waals surface area contributed by atoms with Crippen LogP contribution in [0.3, 0.4) is 0 Å². The van der Waals surface area contributed by atoms with Crippen LogP contribution < -0.4 is 4.74 Å². The minimum Gasteiger partial charge on any atom is -0.488 e. The lowest BCUT2D eigenvalue weighted by Crippen LogP contribution is -2.33. The molecule has 0 radical (unpaired) electrons. The number of carbonyl (C=O) groups excluding carboxylic acids is 1. The van der Waals surface area contributed by atoms with Crippen molar-refractivity contribution in [3.8, 4) is 5.75 Å². The smallest absolute Gasteiger partial charge is 0.224 e. The predicted octanol–water partition coefficient (Wildman–Crippen LogP) is 1.84. The summed E-state index contributed by atoms with van der Waals surface area (Å²) in [7, 11) is 0. The Bertz CT molecular complexity index is 675. The molecule has 0 aliphatic carbocycles. The van der Waals surface area contributed by atoms with E-state index in [9.17, 15) is 14.3 Å². The summed E-state index contributed by atoms with van der Waals surface area (Å²) in [6, 6.07) is 5.73. The molecule has 1 aliphatic heterocycles. The van der Waals surface area contributed by atoms with Crippen LogP contribution in [0.2, 0.25) is 0 Å². The minimum absolute atomic E-state index is 0.0586. The number of ether oxygens (including phenoxy) is 1. The van der Waals surface area contributed by atoms with Gasteiger partial charge in [-0.15, -0.1) is 0 Å². The van der Waals surface area contributed by atoms with Crippen LogP contribution >= 0.6 is 0 Å². The zero-order chi connectivity index (χ0) is 17.6. The molecule has 0 saturated carbocycles.